The lowest BCUT2D eigenvalue weighted by Gasteiger charge is -2.39. The maximum Gasteiger partial charge on any atom is 0.123 e. The zero-order chi connectivity index (χ0) is 14.3. The third-order valence-electron chi connectivity index (χ3n) is 3.97. The van der Waals surface area contributed by atoms with E-state index in [1.54, 1.807) is 13.3 Å². The van der Waals surface area contributed by atoms with Crippen LogP contribution in [0.15, 0.2) is 18.3 Å². The van der Waals surface area contributed by atoms with E-state index in [9.17, 15) is 0 Å². The van der Waals surface area contributed by atoms with Crippen LogP contribution >= 0.6 is 0 Å². The molecule has 0 fully saturated rings. The average molecular weight is 265 g/mol. The van der Waals surface area contributed by atoms with Gasteiger partial charge in [-0.1, -0.05) is 20.8 Å². The molecule has 1 unspecified atom stereocenters. The van der Waals surface area contributed by atoms with E-state index in [2.05, 4.69) is 31.1 Å². The van der Waals surface area contributed by atoms with Crippen molar-refractivity contribution in [3.63, 3.8) is 0 Å². The van der Waals surface area contributed by atoms with E-state index in [1.165, 1.54) is 5.56 Å². The van der Waals surface area contributed by atoms with Crippen molar-refractivity contribution >= 4 is 5.82 Å². The van der Waals surface area contributed by atoms with Gasteiger partial charge in [-0.25, -0.2) is 4.98 Å². The van der Waals surface area contributed by atoms with Crippen LogP contribution in [0, 0.1) is 0 Å². The number of rotatable bonds is 8. The van der Waals surface area contributed by atoms with Gasteiger partial charge in [-0.3, -0.25) is 0 Å². The van der Waals surface area contributed by atoms with Gasteiger partial charge in [-0.05, 0) is 43.5 Å². The van der Waals surface area contributed by atoms with Crippen LogP contribution in [0.1, 0.15) is 39.2 Å². The number of aromatic nitrogens is 1. The van der Waals surface area contributed by atoms with E-state index in [-0.39, 0.29) is 11.6 Å². The number of pyridine rings is 1. The van der Waals surface area contributed by atoms with Crippen LogP contribution in [0.3, 0.4) is 0 Å². The van der Waals surface area contributed by atoms with E-state index < -0.39 is 0 Å². The minimum Gasteiger partial charge on any atom is -0.384 e. The second kappa shape index (κ2) is 7.46. The number of hydrogen-bond acceptors (Lipinski definition) is 4. The standard InChI is InChI=1S/C15H27N3O/c1-5-15(6-2,19-4)13(17-7-3)10-12-8-9-18-14(16)11-12/h8-9,11,13,17H,5-7,10H2,1-4H3,(H2,16,18). The van der Waals surface area contributed by atoms with Crippen LogP contribution in [-0.4, -0.2) is 30.3 Å². The molecule has 0 saturated heterocycles. The zero-order valence-electron chi connectivity index (χ0n) is 12.6. The summed E-state index contributed by atoms with van der Waals surface area (Å²) in [5.74, 6) is 0.573. The third-order valence-corrected chi connectivity index (χ3v) is 3.97. The number of methoxy groups -OCH3 is 1. The second-order valence-corrected chi connectivity index (χ2v) is 4.88. The molecule has 108 valence electrons. The van der Waals surface area contributed by atoms with Crippen LogP contribution in [0.25, 0.3) is 0 Å². The lowest BCUT2D eigenvalue weighted by atomic mass is 9.84. The molecule has 4 heteroatoms. The van der Waals surface area contributed by atoms with Crippen molar-refractivity contribution in [1.82, 2.24) is 10.3 Å². The number of likely N-dealkylation sites (N-methyl/N-ethyl adjacent to an activating group) is 1. The van der Waals surface area contributed by atoms with Crippen molar-refractivity contribution < 1.29 is 4.74 Å². The Morgan fingerprint density at radius 1 is 1.37 bits per heavy atom. The van der Waals surface area contributed by atoms with E-state index in [0.717, 1.165) is 25.8 Å². The number of ether oxygens (including phenoxy) is 1. The Kier molecular flexibility index (Phi) is 6.25. The summed E-state index contributed by atoms with van der Waals surface area (Å²) >= 11 is 0. The molecule has 0 aliphatic heterocycles. The van der Waals surface area contributed by atoms with Crippen molar-refractivity contribution in [2.24, 2.45) is 0 Å². The highest BCUT2D eigenvalue weighted by Gasteiger charge is 2.35. The van der Waals surface area contributed by atoms with Gasteiger partial charge in [0, 0.05) is 19.3 Å². The fourth-order valence-electron chi connectivity index (χ4n) is 2.72. The maximum atomic E-state index is 5.84. The van der Waals surface area contributed by atoms with Gasteiger partial charge >= 0.3 is 0 Å². The van der Waals surface area contributed by atoms with Gasteiger partial charge in [0.15, 0.2) is 0 Å². The summed E-state index contributed by atoms with van der Waals surface area (Å²) in [6.45, 7) is 7.41. The molecule has 19 heavy (non-hydrogen) atoms. The summed E-state index contributed by atoms with van der Waals surface area (Å²) in [6, 6.07) is 4.24. The predicted molar refractivity (Wildman–Crippen MR) is 80.1 cm³/mol. The van der Waals surface area contributed by atoms with E-state index in [0.29, 0.717) is 5.82 Å². The second-order valence-electron chi connectivity index (χ2n) is 4.88. The Labute approximate surface area is 116 Å². The molecule has 0 amide bonds. The quantitative estimate of drug-likeness (QED) is 0.757. The summed E-state index contributed by atoms with van der Waals surface area (Å²) in [6.07, 6.45) is 4.63. The minimum absolute atomic E-state index is 0.131. The molecule has 4 nitrogen and oxygen atoms in total. The van der Waals surface area contributed by atoms with Crippen molar-refractivity contribution in [2.75, 3.05) is 19.4 Å². The van der Waals surface area contributed by atoms with Gasteiger partial charge in [-0.2, -0.15) is 0 Å². The molecule has 0 aliphatic rings. The first-order chi connectivity index (χ1) is 9.11. The topological polar surface area (TPSA) is 60.2 Å². The van der Waals surface area contributed by atoms with Crippen LogP contribution in [0.4, 0.5) is 5.82 Å². The highest BCUT2D eigenvalue weighted by Crippen LogP contribution is 2.26. The first kappa shape index (κ1) is 15.9. The molecule has 0 bridgehead atoms. The van der Waals surface area contributed by atoms with E-state index in [1.807, 2.05) is 12.1 Å². The molecular formula is C15H27N3O. The number of hydrogen-bond donors (Lipinski definition) is 2. The molecule has 0 spiro atoms. The molecule has 0 aliphatic carbocycles. The Balaban J connectivity index is 2.93. The molecule has 1 atom stereocenters. The molecule has 1 aromatic rings. The normalized spacial score (nSPS) is 13.5. The number of nitrogens with zero attached hydrogens (tertiary/aromatic N) is 1. The molecule has 0 aromatic carbocycles. The monoisotopic (exact) mass is 265 g/mol. The number of anilines is 1. The van der Waals surface area contributed by atoms with Crippen molar-refractivity contribution in [3.8, 4) is 0 Å². The number of nitrogen functional groups attached to an aromatic ring is 1. The summed E-state index contributed by atoms with van der Waals surface area (Å²) in [5, 5.41) is 3.56. The fraction of sp³-hybridized carbons (Fsp3) is 0.667. The summed E-state index contributed by atoms with van der Waals surface area (Å²) in [4.78, 5) is 4.04. The molecular weight excluding hydrogens is 238 g/mol. The summed E-state index contributed by atoms with van der Waals surface area (Å²) < 4.78 is 5.84. The van der Waals surface area contributed by atoms with Gasteiger partial charge in [0.2, 0.25) is 0 Å². The van der Waals surface area contributed by atoms with Crippen molar-refractivity contribution in [3.05, 3.63) is 23.9 Å². The Morgan fingerprint density at radius 2 is 2.05 bits per heavy atom. The molecule has 0 saturated carbocycles. The van der Waals surface area contributed by atoms with Gasteiger partial charge in [0.25, 0.3) is 0 Å². The Hall–Kier alpha value is -1.13. The molecule has 3 N–H and O–H groups in total. The third kappa shape index (κ3) is 3.91. The van der Waals surface area contributed by atoms with Gasteiger partial charge in [0.05, 0.1) is 5.60 Å². The van der Waals surface area contributed by atoms with E-state index >= 15 is 0 Å². The predicted octanol–water partition coefficient (Wildman–Crippen LogP) is 2.39. The fourth-order valence-corrected chi connectivity index (χ4v) is 2.72. The van der Waals surface area contributed by atoms with Crippen LogP contribution in [0.5, 0.6) is 0 Å². The number of nitrogens with one attached hydrogen (secondary N) is 1. The van der Waals surface area contributed by atoms with Gasteiger partial charge in [0.1, 0.15) is 5.82 Å². The maximum absolute atomic E-state index is 5.84. The molecule has 1 heterocycles. The molecule has 0 radical (unpaired) electrons. The molecule has 1 rings (SSSR count). The highest BCUT2D eigenvalue weighted by molar-refractivity contribution is 5.32. The highest BCUT2D eigenvalue weighted by atomic mass is 16.5. The Morgan fingerprint density at radius 3 is 2.53 bits per heavy atom. The zero-order valence-corrected chi connectivity index (χ0v) is 12.6. The lowest BCUT2D eigenvalue weighted by Crippen LogP contribution is -2.52. The van der Waals surface area contributed by atoms with Gasteiger partial charge in [-0.15, -0.1) is 0 Å². The molecule has 1 aromatic heterocycles. The minimum atomic E-state index is -0.131. The lowest BCUT2D eigenvalue weighted by molar-refractivity contribution is -0.0468. The van der Waals surface area contributed by atoms with Crippen molar-refractivity contribution in [2.45, 2.75) is 51.7 Å². The Bertz CT molecular complexity index is 369. The largest absolute Gasteiger partial charge is 0.384 e. The first-order valence-corrected chi connectivity index (χ1v) is 7.10. The summed E-state index contributed by atoms with van der Waals surface area (Å²) in [5.41, 5.74) is 6.82. The average Bonchev–Trinajstić information content (AvgIpc) is 2.41. The summed E-state index contributed by atoms with van der Waals surface area (Å²) in [7, 11) is 1.80. The van der Waals surface area contributed by atoms with Crippen LogP contribution in [-0.2, 0) is 11.2 Å². The first-order valence-electron chi connectivity index (χ1n) is 7.10. The smallest absolute Gasteiger partial charge is 0.123 e. The van der Waals surface area contributed by atoms with Crippen molar-refractivity contribution in [1.29, 1.82) is 0 Å². The van der Waals surface area contributed by atoms with Crippen LogP contribution < -0.4 is 11.1 Å². The number of nitrogens with two attached hydrogens (primary N) is 1. The van der Waals surface area contributed by atoms with Gasteiger partial charge < -0.3 is 15.8 Å². The SMILES string of the molecule is CCNC(Cc1ccnc(N)c1)C(CC)(CC)OC. The van der Waals surface area contributed by atoms with Crippen LogP contribution in [0.2, 0.25) is 0 Å². The van der Waals surface area contributed by atoms with E-state index in [4.69, 9.17) is 10.5 Å².